The number of hydrogen-bond donors (Lipinski definition) is 1. The molecule has 0 radical (unpaired) electrons. The second-order valence-corrected chi connectivity index (χ2v) is 4.56. The Bertz CT molecular complexity index is 293. The van der Waals surface area contributed by atoms with Gasteiger partial charge in [0.15, 0.2) is 5.82 Å². The molecule has 5 heteroatoms. The summed E-state index contributed by atoms with van der Waals surface area (Å²) in [7, 11) is 4.19. The van der Waals surface area contributed by atoms with Crippen LogP contribution in [0.15, 0.2) is 10.9 Å². The lowest BCUT2D eigenvalue weighted by molar-refractivity contribution is 0.165. The van der Waals surface area contributed by atoms with E-state index in [1.54, 1.807) is 0 Å². The van der Waals surface area contributed by atoms with Gasteiger partial charge >= 0.3 is 0 Å². The molecule has 1 saturated carbocycles. The Hall–Kier alpha value is -0.940. The maximum Gasteiger partial charge on any atom is 0.213 e. The highest BCUT2D eigenvalue weighted by atomic mass is 16.5. The lowest BCUT2D eigenvalue weighted by Crippen LogP contribution is -2.39. The maximum absolute atomic E-state index is 4.74. The monoisotopic (exact) mass is 224 g/mol. The molecule has 1 aliphatic carbocycles. The largest absolute Gasteiger partial charge is 0.343 e. The zero-order valence-electron chi connectivity index (χ0n) is 10.0. The minimum atomic E-state index is 0.656. The van der Waals surface area contributed by atoms with E-state index in [4.69, 9.17) is 4.52 Å². The summed E-state index contributed by atoms with van der Waals surface area (Å²) in [4.78, 5) is 6.38. The van der Waals surface area contributed by atoms with Crippen molar-refractivity contribution in [1.29, 1.82) is 0 Å². The first kappa shape index (κ1) is 11.5. The molecule has 5 nitrogen and oxygen atoms in total. The third kappa shape index (κ3) is 2.80. The van der Waals surface area contributed by atoms with Crippen LogP contribution in [-0.2, 0) is 6.54 Å². The molecule has 90 valence electrons. The topological polar surface area (TPSA) is 54.2 Å². The van der Waals surface area contributed by atoms with Crippen molar-refractivity contribution in [2.75, 3.05) is 14.1 Å². The van der Waals surface area contributed by atoms with E-state index in [0.29, 0.717) is 12.1 Å². The lowest BCUT2D eigenvalue weighted by atomic mass is 9.90. The van der Waals surface area contributed by atoms with Crippen LogP contribution in [-0.4, -0.2) is 41.2 Å². The summed E-state index contributed by atoms with van der Waals surface area (Å²) in [5.41, 5.74) is 0. The number of hydrogen-bond acceptors (Lipinski definition) is 5. The quantitative estimate of drug-likeness (QED) is 0.828. The number of rotatable bonds is 4. The van der Waals surface area contributed by atoms with Crippen molar-refractivity contribution in [3.8, 4) is 0 Å². The van der Waals surface area contributed by atoms with E-state index in [1.165, 1.54) is 32.1 Å². The van der Waals surface area contributed by atoms with Crippen molar-refractivity contribution < 1.29 is 4.52 Å². The third-order valence-electron chi connectivity index (χ3n) is 3.53. The molecule has 1 heterocycles. The smallest absolute Gasteiger partial charge is 0.213 e. The van der Waals surface area contributed by atoms with Gasteiger partial charge in [-0.1, -0.05) is 5.16 Å². The zero-order valence-corrected chi connectivity index (χ0v) is 10.0. The van der Waals surface area contributed by atoms with Gasteiger partial charge in [0.1, 0.15) is 0 Å². The van der Waals surface area contributed by atoms with Crippen molar-refractivity contribution in [3.05, 3.63) is 12.2 Å². The summed E-state index contributed by atoms with van der Waals surface area (Å²) in [6.45, 7) is 0.783. The van der Waals surface area contributed by atoms with Gasteiger partial charge in [-0.05, 0) is 39.8 Å². The molecule has 0 aliphatic heterocycles. The standard InChI is InChI=1S/C11H20N4O/c1-12-9-3-5-10(6-4-9)15(2)7-11-13-8-16-14-11/h8-10,12H,3-7H2,1-2H3. The summed E-state index contributed by atoms with van der Waals surface area (Å²) in [6.07, 6.45) is 6.41. The Balaban J connectivity index is 1.80. The van der Waals surface area contributed by atoms with Crippen molar-refractivity contribution in [2.24, 2.45) is 0 Å². The summed E-state index contributed by atoms with van der Waals surface area (Å²) >= 11 is 0. The second-order valence-electron chi connectivity index (χ2n) is 4.56. The van der Waals surface area contributed by atoms with Crippen LogP contribution in [0.5, 0.6) is 0 Å². The fourth-order valence-electron chi connectivity index (χ4n) is 2.42. The van der Waals surface area contributed by atoms with E-state index < -0.39 is 0 Å². The molecule has 0 bridgehead atoms. The maximum atomic E-state index is 4.74. The van der Waals surface area contributed by atoms with Crippen LogP contribution in [0.1, 0.15) is 31.5 Å². The van der Waals surface area contributed by atoms with E-state index >= 15 is 0 Å². The van der Waals surface area contributed by atoms with Crippen LogP contribution >= 0.6 is 0 Å². The fourth-order valence-corrected chi connectivity index (χ4v) is 2.42. The van der Waals surface area contributed by atoms with E-state index in [1.807, 2.05) is 7.05 Å². The van der Waals surface area contributed by atoms with Gasteiger partial charge in [0.25, 0.3) is 0 Å². The number of aromatic nitrogens is 2. The molecule has 1 aromatic heterocycles. The lowest BCUT2D eigenvalue weighted by Gasteiger charge is -2.33. The first-order chi connectivity index (χ1) is 7.79. The minimum absolute atomic E-state index is 0.656. The first-order valence-corrected chi connectivity index (χ1v) is 5.92. The second kappa shape index (κ2) is 5.41. The summed E-state index contributed by atoms with van der Waals surface area (Å²) in [5, 5.41) is 7.19. The van der Waals surface area contributed by atoms with Crippen molar-refractivity contribution in [2.45, 2.75) is 44.3 Å². The van der Waals surface area contributed by atoms with Gasteiger partial charge in [0, 0.05) is 12.1 Å². The fraction of sp³-hybridized carbons (Fsp3) is 0.818. The normalized spacial score (nSPS) is 26.2. The summed E-state index contributed by atoms with van der Waals surface area (Å²) in [5.74, 6) is 0.776. The molecule has 0 atom stereocenters. The van der Waals surface area contributed by atoms with Crippen LogP contribution in [0.3, 0.4) is 0 Å². The van der Waals surface area contributed by atoms with Crippen molar-refractivity contribution >= 4 is 0 Å². The Morgan fingerprint density at radius 2 is 2.19 bits per heavy atom. The van der Waals surface area contributed by atoms with Gasteiger partial charge in [0.05, 0.1) is 6.54 Å². The van der Waals surface area contributed by atoms with Crippen LogP contribution in [0, 0.1) is 0 Å². The van der Waals surface area contributed by atoms with Crippen LogP contribution in [0.25, 0.3) is 0 Å². The molecule has 0 saturated heterocycles. The average molecular weight is 224 g/mol. The Morgan fingerprint density at radius 3 is 2.75 bits per heavy atom. The van der Waals surface area contributed by atoms with Crippen LogP contribution < -0.4 is 5.32 Å². The van der Waals surface area contributed by atoms with Gasteiger partial charge < -0.3 is 9.84 Å². The van der Waals surface area contributed by atoms with E-state index in [0.717, 1.165) is 12.4 Å². The molecule has 0 unspecified atom stereocenters. The van der Waals surface area contributed by atoms with Crippen LogP contribution in [0.2, 0.25) is 0 Å². The van der Waals surface area contributed by atoms with Gasteiger partial charge in [-0.15, -0.1) is 0 Å². The highest BCUT2D eigenvalue weighted by molar-refractivity contribution is 4.84. The predicted molar refractivity (Wildman–Crippen MR) is 60.9 cm³/mol. The number of nitrogens with zero attached hydrogens (tertiary/aromatic N) is 3. The van der Waals surface area contributed by atoms with E-state index in [9.17, 15) is 0 Å². The highest BCUT2D eigenvalue weighted by Gasteiger charge is 2.23. The minimum Gasteiger partial charge on any atom is -0.343 e. The number of nitrogens with one attached hydrogen (secondary N) is 1. The SMILES string of the molecule is CNC1CCC(N(C)Cc2ncon2)CC1. The molecular weight excluding hydrogens is 204 g/mol. The molecule has 0 aromatic carbocycles. The zero-order chi connectivity index (χ0) is 11.4. The Kier molecular flexibility index (Phi) is 3.90. The molecule has 0 amide bonds. The van der Waals surface area contributed by atoms with E-state index in [-0.39, 0.29) is 0 Å². The molecule has 2 rings (SSSR count). The van der Waals surface area contributed by atoms with Gasteiger partial charge in [-0.3, -0.25) is 4.90 Å². The average Bonchev–Trinajstić information content (AvgIpc) is 2.82. The predicted octanol–water partition coefficient (Wildman–Crippen LogP) is 1.03. The van der Waals surface area contributed by atoms with Crippen molar-refractivity contribution in [3.63, 3.8) is 0 Å². The molecule has 1 N–H and O–H groups in total. The molecule has 1 aromatic rings. The Labute approximate surface area is 96.2 Å². The highest BCUT2D eigenvalue weighted by Crippen LogP contribution is 2.22. The first-order valence-electron chi connectivity index (χ1n) is 5.92. The van der Waals surface area contributed by atoms with Crippen LogP contribution in [0.4, 0.5) is 0 Å². The van der Waals surface area contributed by atoms with Gasteiger partial charge in [-0.2, -0.15) is 4.98 Å². The van der Waals surface area contributed by atoms with Crippen molar-refractivity contribution in [1.82, 2.24) is 20.4 Å². The summed E-state index contributed by atoms with van der Waals surface area (Å²) in [6, 6.07) is 1.36. The van der Waals surface area contributed by atoms with Gasteiger partial charge in [-0.25, -0.2) is 0 Å². The molecule has 1 fully saturated rings. The molecule has 0 spiro atoms. The summed E-state index contributed by atoms with van der Waals surface area (Å²) < 4.78 is 4.74. The molecular formula is C11H20N4O. The van der Waals surface area contributed by atoms with E-state index in [2.05, 4.69) is 27.4 Å². The Morgan fingerprint density at radius 1 is 1.44 bits per heavy atom. The van der Waals surface area contributed by atoms with Gasteiger partial charge in [0.2, 0.25) is 6.39 Å². The third-order valence-corrected chi connectivity index (χ3v) is 3.53. The molecule has 1 aliphatic rings. The molecule has 16 heavy (non-hydrogen) atoms.